The van der Waals surface area contributed by atoms with E-state index >= 15 is 0 Å². The molecule has 0 spiro atoms. The number of benzene rings is 2. The standard InChI is InChI=1S/C17H16FN4O4S.C17H15FN4OS/c1-20(13-4-3-9-22(24)11-13)16(23)15-10-19-17(21(15)2)27(25,26)14-7-5-12(18)6-8-14;1-21(13-4-3-9-19-10-13)16(23)15-11-20-17(22(15)2)24-14-7-5-12(18)6-8-14/h3-11,24H,1-2H3;3-11H,1-2H3/q+1;. The van der Waals surface area contributed by atoms with Gasteiger partial charge in [0.25, 0.3) is 11.8 Å². The van der Waals surface area contributed by atoms with Crippen molar-refractivity contribution in [1.29, 1.82) is 0 Å². The molecule has 1 N–H and O–H groups in total. The van der Waals surface area contributed by atoms with Crippen molar-refractivity contribution in [3.63, 3.8) is 0 Å². The van der Waals surface area contributed by atoms with E-state index in [1.807, 2.05) is 6.07 Å². The van der Waals surface area contributed by atoms with Gasteiger partial charge >= 0.3 is 0 Å². The number of aromatic nitrogens is 6. The van der Waals surface area contributed by atoms with Crippen molar-refractivity contribution in [2.24, 2.45) is 14.1 Å². The lowest BCUT2D eigenvalue weighted by Gasteiger charge is -2.17. The van der Waals surface area contributed by atoms with Gasteiger partial charge in [-0.1, -0.05) is 11.8 Å². The van der Waals surface area contributed by atoms with Crippen molar-refractivity contribution in [2.75, 3.05) is 23.9 Å². The van der Waals surface area contributed by atoms with Gasteiger partial charge in [-0.25, -0.2) is 27.2 Å². The van der Waals surface area contributed by atoms with Crippen molar-refractivity contribution in [3.05, 3.63) is 133 Å². The highest BCUT2D eigenvalue weighted by Crippen LogP contribution is 2.28. The van der Waals surface area contributed by atoms with Crippen LogP contribution in [0.4, 0.5) is 20.2 Å². The maximum Gasteiger partial charge on any atom is 0.276 e. The fourth-order valence-corrected chi connectivity index (χ4v) is 6.81. The van der Waals surface area contributed by atoms with Crippen molar-refractivity contribution in [1.82, 2.24) is 24.1 Å². The molecule has 0 fully saturated rings. The van der Waals surface area contributed by atoms with Crippen LogP contribution in [0.1, 0.15) is 21.0 Å². The van der Waals surface area contributed by atoms with Gasteiger partial charge in [0.05, 0.1) is 29.2 Å². The van der Waals surface area contributed by atoms with E-state index in [2.05, 4.69) is 15.0 Å². The molecule has 0 unspecified atom stereocenters. The molecule has 2 amide bonds. The van der Waals surface area contributed by atoms with Gasteiger partial charge in [0.2, 0.25) is 27.4 Å². The highest BCUT2D eigenvalue weighted by atomic mass is 32.2. The maximum atomic E-state index is 13.1. The fraction of sp³-hybridized carbons (Fsp3) is 0.118. The topological polar surface area (TPSA) is 147 Å². The van der Waals surface area contributed by atoms with Gasteiger partial charge in [-0.2, -0.15) is 0 Å². The summed E-state index contributed by atoms with van der Waals surface area (Å²) in [5.41, 5.74) is 1.60. The first kappa shape index (κ1) is 36.3. The van der Waals surface area contributed by atoms with Crippen molar-refractivity contribution < 1.29 is 36.7 Å². The molecule has 0 radical (unpaired) electrons. The monoisotopic (exact) mass is 733 g/mol. The van der Waals surface area contributed by atoms with E-state index in [4.69, 9.17) is 0 Å². The second-order valence-electron chi connectivity index (χ2n) is 10.9. The minimum atomic E-state index is -4.03. The largest absolute Gasteiger partial charge is 0.318 e. The Morgan fingerprint density at radius 3 is 1.96 bits per heavy atom. The molecule has 4 aromatic heterocycles. The predicted octanol–water partition coefficient (Wildman–Crippen LogP) is 4.58. The minimum Gasteiger partial charge on any atom is -0.318 e. The lowest BCUT2D eigenvalue weighted by Crippen LogP contribution is -2.33. The summed E-state index contributed by atoms with van der Waals surface area (Å²) in [5.74, 6) is -1.54. The number of hydrogen-bond acceptors (Lipinski definition) is 9. The van der Waals surface area contributed by atoms with Crippen LogP contribution in [0.15, 0.2) is 130 Å². The first-order valence-corrected chi connectivity index (χ1v) is 17.2. The molecular formula is C34H31F2N8O5S2+. The van der Waals surface area contributed by atoms with Crippen LogP contribution in [0.5, 0.6) is 0 Å². The average molecular weight is 734 g/mol. The van der Waals surface area contributed by atoms with E-state index < -0.39 is 21.6 Å². The molecule has 51 heavy (non-hydrogen) atoms. The van der Waals surface area contributed by atoms with Gasteiger partial charge in [-0.05, 0) is 66.7 Å². The Hall–Kier alpha value is -5.94. The van der Waals surface area contributed by atoms with Crippen LogP contribution in [-0.2, 0) is 23.9 Å². The average Bonchev–Trinajstić information content (AvgIpc) is 3.70. The smallest absolute Gasteiger partial charge is 0.276 e. The third-order valence-electron chi connectivity index (χ3n) is 7.52. The summed E-state index contributed by atoms with van der Waals surface area (Å²) in [4.78, 5) is 41.1. The number of sulfone groups is 1. The highest BCUT2D eigenvalue weighted by molar-refractivity contribution is 7.99. The summed E-state index contributed by atoms with van der Waals surface area (Å²) in [6, 6.07) is 17.2. The zero-order valence-corrected chi connectivity index (χ0v) is 29.3. The van der Waals surface area contributed by atoms with E-state index in [9.17, 15) is 32.0 Å². The molecule has 0 aliphatic heterocycles. The quantitative estimate of drug-likeness (QED) is 0.135. The summed E-state index contributed by atoms with van der Waals surface area (Å²) in [7, 11) is 2.34. The molecule has 13 nitrogen and oxygen atoms in total. The summed E-state index contributed by atoms with van der Waals surface area (Å²) in [6.45, 7) is 0. The molecule has 17 heteroatoms. The first-order chi connectivity index (χ1) is 24.3. The van der Waals surface area contributed by atoms with Crippen LogP contribution in [0.3, 0.4) is 0 Å². The third kappa shape index (κ3) is 8.11. The Kier molecular flexibility index (Phi) is 10.9. The van der Waals surface area contributed by atoms with Crippen LogP contribution in [0.25, 0.3) is 0 Å². The fourth-order valence-electron chi connectivity index (χ4n) is 4.63. The molecule has 2 aromatic carbocycles. The maximum absolute atomic E-state index is 13.1. The summed E-state index contributed by atoms with van der Waals surface area (Å²) < 4.78 is 55.2. The number of carbonyl (C=O) groups is 2. The number of pyridine rings is 2. The third-order valence-corrected chi connectivity index (χ3v) is 10.3. The number of nitrogens with zero attached hydrogens (tertiary/aromatic N) is 8. The Labute approximate surface area is 296 Å². The summed E-state index contributed by atoms with van der Waals surface area (Å²) in [5, 5.41) is 9.80. The number of anilines is 2. The van der Waals surface area contributed by atoms with Crippen LogP contribution >= 0.6 is 11.8 Å². The Morgan fingerprint density at radius 1 is 0.784 bits per heavy atom. The molecule has 0 aliphatic rings. The number of halogens is 2. The van der Waals surface area contributed by atoms with Crippen LogP contribution in [0, 0.1) is 11.6 Å². The van der Waals surface area contributed by atoms with E-state index in [-0.39, 0.29) is 27.5 Å². The number of imidazole rings is 2. The molecule has 4 heterocycles. The van der Waals surface area contributed by atoms with Gasteiger partial charge in [0.1, 0.15) is 28.7 Å². The van der Waals surface area contributed by atoms with E-state index in [1.54, 1.807) is 67.6 Å². The van der Waals surface area contributed by atoms with Gasteiger partial charge in [-0.15, -0.1) is 0 Å². The zero-order chi connectivity index (χ0) is 36.9. The number of carbonyl (C=O) groups excluding carboxylic acids is 2. The molecule has 0 aliphatic carbocycles. The Balaban J connectivity index is 0.000000199. The molecular weight excluding hydrogens is 703 g/mol. The van der Waals surface area contributed by atoms with Crippen LogP contribution < -0.4 is 14.5 Å². The van der Waals surface area contributed by atoms with Crippen LogP contribution in [0.2, 0.25) is 0 Å². The summed E-state index contributed by atoms with van der Waals surface area (Å²) >= 11 is 1.37. The van der Waals surface area contributed by atoms with Gasteiger partial charge in [0, 0.05) is 50.1 Å². The van der Waals surface area contributed by atoms with Crippen molar-refractivity contribution in [2.45, 2.75) is 20.1 Å². The van der Waals surface area contributed by atoms with Crippen LogP contribution in [-0.4, -0.2) is 63.6 Å². The molecule has 0 atom stereocenters. The second-order valence-corrected chi connectivity index (χ2v) is 13.7. The van der Waals surface area contributed by atoms with E-state index in [0.29, 0.717) is 22.2 Å². The van der Waals surface area contributed by atoms with Crippen molar-refractivity contribution >= 4 is 44.8 Å². The second kappa shape index (κ2) is 15.3. The van der Waals surface area contributed by atoms with E-state index in [1.165, 1.54) is 60.2 Å². The summed E-state index contributed by atoms with van der Waals surface area (Å²) in [6.07, 6.45) is 8.70. The Bertz CT molecular complexity index is 2280. The first-order valence-electron chi connectivity index (χ1n) is 14.9. The molecule has 262 valence electrons. The lowest BCUT2D eigenvalue weighted by molar-refractivity contribution is -0.904. The van der Waals surface area contributed by atoms with Gasteiger partial charge < -0.3 is 18.9 Å². The zero-order valence-electron chi connectivity index (χ0n) is 27.6. The number of hydrogen-bond donors (Lipinski definition) is 1. The molecule has 6 rings (SSSR count). The SMILES string of the molecule is CN(C(=O)c1cnc(S(=O)(=O)c2ccc(F)cc2)n1C)c1ccc[n+](O)c1.CN(C(=O)c1cnc(Sc2ccc(F)cc2)n1C)c1cccnc1. The van der Waals surface area contributed by atoms with Gasteiger partial charge in [0.15, 0.2) is 5.16 Å². The van der Waals surface area contributed by atoms with Crippen molar-refractivity contribution in [3.8, 4) is 0 Å². The predicted molar refractivity (Wildman–Crippen MR) is 182 cm³/mol. The normalized spacial score (nSPS) is 11.0. The minimum absolute atomic E-state index is 0.0338. The Morgan fingerprint density at radius 2 is 1.35 bits per heavy atom. The number of amides is 2. The van der Waals surface area contributed by atoms with E-state index in [0.717, 1.165) is 44.7 Å². The highest BCUT2D eigenvalue weighted by Gasteiger charge is 2.28. The molecule has 0 saturated heterocycles. The van der Waals surface area contributed by atoms with Gasteiger partial charge in [-0.3, -0.25) is 19.8 Å². The lowest BCUT2D eigenvalue weighted by atomic mass is 10.3. The molecule has 0 saturated carbocycles. The molecule has 0 bridgehead atoms. The number of rotatable bonds is 8. The molecule has 6 aromatic rings.